The van der Waals surface area contributed by atoms with Crippen molar-refractivity contribution >= 4 is 6.03 Å². The second-order valence-corrected chi connectivity index (χ2v) is 8.19. The summed E-state index contributed by atoms with van der Waals surface area (Å²) in [6, 6.07) is 9.55. The number of carbonyl (C=O) groups excluding carboxylic acids is 1. The molecule has 5 nitrogen and oxygen atoms in total. The molecule has 2 aliphatic rings. The number of aromatic hydroxyl groups is 1. The van der Waals surface area contributed by atoms with Gasteiger partial charge in [0.15, 0.2) is 5.72 Å². The van der Waals surface area contributed by atoms with Gasteiger partial charge in [0.25, 0.3) is 0 Å². The van der Waals surface area contributed by atoms with Crippen LogP contribution in [-0.2, 0) is 0 Å². The molecule has 0 unspecified atom stereocenters. The molecular weight excluding hydrogens is 347 g/mol. The minimum absolute atomic E-state index is 0.0788. The summed E-state index contributed by atoms with van der Waals surface area (Å²) >= 11 is 0. The highest BCUT2D eigenvalue weighted by Gasteiger charge is 2.50. The molecule has 0 radical (unpaired) electrons. The predicted octanol–water partition coefficient (Wildman–Crippen LogP) is 3.93. The van der Waals surface area contributed by atoms with Crippen LogP contribution in [0.4, 0.5) is 9.18 Å². The number of aryl methyl sites for hydroxylation is 1. The number of halogens is 1. The van der Waals surface area contributed by atoms with Gasteiger partial charge in [0, 0.05) is 35.9 Å². The molecule has 2 aromatic rings. The first-order chi connectivity index (χ1) is 12.7. The van der Waals surface area contributed by atoms with Gasteiger partial charge in [0.2, 0.25) is 0 Å². The Hall–Kier alpha value is -2.76. The van der Waals surface area contributed by atoms with Crippen molar-refractivity contribution < 1.29 is 19.0 Å². The second-order valence-electron chi connectivity index (χ2n) is 8.19. The normalized spacial score (nSPS) is 25.9. The topological polar surface area (TPSA) is 70.6 Å². The van der Waals surface area contributed by atoms with E-state index in [0.717, 1.165) is 11.1 Å². The van der Waals surface area contributed by atoms with Gasteiger partial charge in [-0.3, -0.25) is 0 Å². The van der Waals surface area contributed by atoms with E-state index in [4.69, 9.17) is 4.74 Å². The molecule has 3 N–H and O–H groups in total. The van der Waals surface area contributed by atoms with Crippen molar-refractivity contribution in [1.29, 1.82) is 0 Å². The summed E-state index contributed by atoms with van der Waals surface area (Å²) in [6.45, 7) is 5.73. The van der Waals surface area contributed by atoms with E-state index in [-0.39, 0.29) is 23.5 Å². The van der Waals surface area contributed by atoms with Crippen LogP contribution in [-0.4, -0.2) is 22.4 Å². The Bertz CT molecular complexity index is 928. The highest BCUT2D eigenvalue weighted by molar-refractivity contribution is 5.77. The van der Waals surface area contributed by atoms with E-state index in [2.05, 4.69) is 10.6 Å². The molecule has 1 spiro atoms. The fourth-order valence-electron chi connectivity index (χ4n) is 4.52. The zero-order valence-corrected chi connectivity index (χ0v) is 15.6. The van der Waals surface area contributed by atoms with Gasteiger partial charge in [-0.25, -0.2) is 9.18 Å². The molecule has 1 saturated heterocycles. The third-order valence-electron chi connectivity index (χ3n) is 5.32. The average Bonchev–Trinajstić information content (AvgIpc) is 2.51. The summed E-state index contributed by atoms with van der Waals surface area (Å²) < 4.78 is 20.9. The monoisotopic (exact) mass is 370 g/mol. The van der Waals surface area contributed by atoms with Crippen LogP contribution >= 0.6 is 0 Å². The number of nitrogens with one attached hydrogen (secondary N) is 2. The molecule has 2 heterocycles. The van der Waals surface area contributed by atoms with Gasteiger partial charge in [-0.15, -0.1) is 0 Å². The third-order valence-corrected chi connectivity index (χ3v) is 5.32. The zero-order chi connectivity index (χ0) is 19.4. The largest absolute Gasteiger partial charge is 0.508 e. The van der Waals surface area contributed by atoms with Gasteiger partial charge in [-0.05, 0) is 44.0 Å². The maximum absolute atomic E-state index is 14.7. The van der Waals surface area contributed by atoms with Gasteiger partial charge in [0.1, 0.15) is 17.3 Å². The van der Waals surface area contributed by atoms with E-state index < -0.39 is 11.3 Å². The summed E-state index contributed by atoms with van der Waals surface area (Å²) in [5.41, 5.74) is 0.764. The van der Waals surface area contributed by atoms with E-state index >= 15 is 0 Å². The van der Waals surface area contributed by atoms with Crippen LogP contribution in [0.3, 0.4) is 0 Å². The van der Waals surface area contributed by atoms with Gasteiger partial charge in [-0.2, -0.15) is 0 Å². The number of ether oxygens (including phenoxy) is 1. The van der Waals surface area contributed by atoms with Crippen LogP contribution in [0.5, 0.6) is 11.5 Å². The number of fused-ring (bicyclic) bond motifs is 1. The predicted molar refractivity (Wildman–Crippen MR) is 99.4 cm³/mol. The van der Waals surface area contributed by atoms with Crippen LogP contribution in [0.2, 0.25) is 0 Å². The molecule has 2 aliphatic heterocycles. The van der Waals surface area contributed by atoms with Gasteiger partial charge in [-0.1, -0.05) is 18.2 Å². The van der Waals surface area contributed by atoms with Crippen LogP contribution < -0.4 is 15.4 Å². The minimum atomic E-state index is -0.980. The number of rotatable bonds is 1. The van der Waals surface area contributed by atoms with Crippen molar-refractivity contribution in [3.05, 3.63) is 58.9 Å². The number of hydrogen-bond donors (Lipinski definition) is 3. The Morgan fingerprint density at radius 2 is 1.96 bits per heavy atom. The molecule has 27 heavy (non-hydrogen) atoms. The Balaban J connectivity index is 1.89. The number of benzene rings is 2. The number of hydrogen-bond acceptors (Lipinski definition) is 3. The summed E-state index contributed by atoms with van der Waals surface area (Å²) in [6.07, 6.45) is 0.911. The first kappa shape index (κ1) is 17.6. The number of urea groups is 1. The quantitative estimate of drug-likeness (QED) is 0.712. The van der Waals surface area contributed by atoms with E-state index in [1.54, 1.807) is 24.3 Å². The van der Waals surface area contributed by atoms with Gasteiger partial charge >= 0.3 is 6.03 Å². The third kappa shape index (κ3) is 3.09. The van der Waals surface area contributed by atoms with Gasteiger partial charge in [0.05, 0.1) is 0 Å². The van der Waals surface area contributed by atoms with Gasteiger partial charge < -0.3 is 20.5 Å². The number of amides is 2. The van der Waals surface area contributed by atoms with E-state index in [1.807, 2.05) is 20.8 Å². The Morgan fingerprint density at radius 1 is 1.22 bits per heavy atom. The second kappa shape index (κ2) is 5.87. The van der Waals surface area contributed by atoms with E-state index in [1.165, 1.54) is 12.1 Å². The SMILES string of the molecule is Cc1cc(O)cc2c1[C@H](c1ccccc1F)C[C@@]1(CC(C)(C)NC(=O)N1)O2. The molecule has 1 fully saturated rings. The lowest BCUT2D eigenvalue weighted by molar-refractivity contribution is -0.0239. The van der Waals surface area contributed by atoms with E-state index in [0.29, 0.717) is 24.2 Å². The number of phenolic OH excluding ortho intramolecular Hbond substituents is 1. The minimum Gasteiger partial charge on any atom is -0.508 e. The summed E-state index contributed by atoms with van der Waals surface area (Å²) in [4.78, 5) is 12.3. The molecule has 0 saturated carbocycles. The fraction of sp³-hybridized carbons (Fsp3) is 0.381. The maximum atomic E-state index is 14.7. The van der Waals surface area contributed by atoms with Crippen molar-refractivity contribution in [3.63, 3.8) is 0 Å². The summed E-state index contributed by atoms with van der Waals surface area (Å²) in [7, 11) is 0. The lowest BCUT2D eigenvalue weighted by Crippen LogP contribution is -2.69. The van der Waals surface area contributed by atoms with Crippen molar-refractivity contribution in [2.75, 3.05) is 0 Å². The smallest absolute Gasteiger partial charge is 0.318 e. The Morgan fingerprint density at radius 3 is 2.67 bits per heavy atom. The lowest BCUT2D eigenvalue weighted by Gasteiger charge is -2.49. The highest BCUT2D eigenvalue weighted by atomic mass is 19.1. The standard InChI is InChI=1S/C21H23FN2O3/c1-12-8-13(25)9-17-18(12)15(14-6-4-5-7-16(14)22)10-21(27-17)11-20(2,3)23-19(26)24-21/h4-9,15,25H,10-11H2,1-3H3,(H2,23,24,26)/t15-,21-/m0/s1. The molecule has 0 aromatic heterocycles. The van der Waals surface area contributed by atoms with Crippen molar-refractivity contribution in [3.8, 4) is 11.5 Å². The van der Waals surface area contributed by atoms with Crippen LogP contribution in [0.1, 0.15) is 49.3 Å². The number of carbonyl (C=O) groups is 1. The van der Waals surface area contributed by atoms with Crippen LogP contribution in [0.25, 0.3) is 0 Å². The fourth-order valence-corrected chi connectivity index (χ4v) is 4.52. The van der Waals surface area contributed by atoms with Crippen LogP contribution in [0.15, 0.2) is 36.4 Å². The molecule has 2 aromatic carbocycles. The molecule has 142 valence electrons. The first-order valence-corrected chi connectivity index (χ1v) is 9.05. The lowest BCUT2D eigenvalue weighted by atomic mass is 9.76. The molecular formula is C21H23FN2O3. The average molecular weight is 370 g/mol. The van der Waals surface area contributed by atoms with Crippen molar-refractivity contribution in [2.45, 2.75) is 50.8 Å². The first-order valence-electron chi connectivity index (χ1n) is 9.05. The zero-order valence-electron chi connectivity index (χ0n) is 15.6. The molecule has 0 bridgehead atoms. The van der Waals surface area contributed by atoms with Crippen molar-refractivity contribution in [2.24, 2.45) is 0 Å². The Kier molecular flexibility index (Phi) is 3.84. The molecule has 2 amide bonds. The summed E-state index contributed by atoms with van der Waals surface area (Å²) in [5.74, 6) is -0.0395. The molecule has 4 rings (SSSR count). The molecule has 2 atom stereocenters. The van der Waals surface area contributed by atoms with E-state index in [9.17, 15) is 14.3 Å². The molecule has 0 aliphatic carbocycles. The maximum Gasteiger partial charge on any atom is 0.318 e. The highest BCUT2D eigenvalue weighted by Crippen LogP contribution is 2.49. The van der Waals surface area contributed by atoms with Crippen LogP contribution in [0, 0.1) is 12.7 Å². The summed E-state index contributed by atoms with van der Waals surface area (Å²) in [5, 5.41) is 15.9. The molecule has 6 heteroatoms. The van der Waals surface area contributed by atoms with Crippen molar-refractivity contribution in [1.82, 2.24) is 10.6 Å². The number of phenols is 1. The Labute approximate surface area is 157 Å².